The Labute approximate surface area is 104 Å². The number of nitrogens with zero attached hydrogens (tertiary/aromatic N) is 4. The second-order valence-electron chi connectivity index (χ2n) is 3.98. The molecule has 3 rings (SSSR count). The van der Waals surface area contributed by atoms with Crippen molar-refractivity contribution in [1.82, 2.24) is 19.7 Å². The highest BCUT2D eigenvalue weighted by atomic mass is 32.2. The summed E-state index contributed by atoms with van der Waals surface area (Å²) in [5.41, 5.74) is 4.64. The number of aromatic nitrogens is 4. The van der Waals surface area contributed by atoms with Gasteiger partial charge in [0.1, 0.15) is 11.4 Å². The average Bonchev–Trinajstić information content (AvgIpc) is 2.78. The van der Waals surface area contributed by atoms with Crippen LogP contribution in [0.4, 0.5) is 0 Å². The Morgan fingerprint density at radius 3 is 3.12 bits per heavy atom. The highest BCUT2D eigenvalue weighted by molar-refractivity contribution is 7.98. The summed E-state index contributed by atoms with van der Waals surface area (Å²) >= 11 is 1.97. The van der Waals surface area contributed by atoms with Gasteiger partial charge in [-0.1, -0.05) is 0 Å². The topological polar surface area (TPSA) is 43.6 Å². The van der Waals surface area contributed by atoms with Crippen LogP contribution < -0.4 is 0 Å². The van der Waals surface area contributed by atoms with Gasteiger partial charge < -0.3 is 0 Å². The summed E-state index contributed by atoms with van der Waals surface area (Å²) in [6, 6.07) is 0. The summed E-state index contributed by atoms with van der Waals surface area (Å²) in [7, 11) is 0. The number of aryl methyl sites for hydroxylation is 1. The third kappa shape index (κ3) is 1.84. The van der Waals surface area contributed by atoms with Crippen LogP contribution in [0.15, 0.2) is 18.6 Å². The SMILES string of the molecule is CCn1nc(-c2cnccn2)c2c1CCSC2. The van der Waals surface area contributed by atoms with Crippen molar-refractivity contribution in [2.75, 3.05) is 5.75 Å². The zero-order valence-electron chi connectivity index (χ0n) is 9.76. The molecule has 0 saturated heterocycles. The van der Waals surface area contributed by atoms with Crippen LogP contribution in [-0.4, -0.2) is 25.5 Å². The van der Waals surface area contributed by atoms with Gasteiger partial charge in [-0.2, -0.15) is 16.9 Å². The monoisotopic (exact) mass is 246 g/mol. The van der Waals surface area contributed by atoms with Crippen LogP contribution in [0.5, 0.6) is 0 Å². The van der Waals surface area contributed by atoms with Gasteiger partial charge in [0.15, 0.2) is 0 Å². The zero-order valence-corrected chi connectivity index (χ0v) is 10.6. The van der Waals surface area contributed by atoms with Gasteiger partial charge in [0, 0.05) is 35.9 Å². The van der Waals surface area contributed by atoms with Crippen molar-refractivity contribution in [2.24, 2.45) is 0 Å². The van der Waals surface area contributed by atoms with Gasteiger partial charge >= 0.3 is 0 Å². The number of thioether (sulfide) groups is 1. The van der Waals surface area contributed by atoms with E-state index in [9.17, 15) is 0 Å². The van der Waals surface area contributed by atoms with Crippen LogP contribution in [0.3, 0.4) is 0 Å². The lowest BCUT2D eigenvalue weighted by molar-refractivity contribution is 0.626. The lowest BCUT2D eigenvalue weighted by Gasteiger charge is -2.12. The van der Waals surface area contributed by atoms with Gasteiger partial charge in [0.05, 0.1) is 6.20 Å². The van der Waals surface area contributed by atoms with E-state index in [2.05, 4.69) is 26.7 Å². The van der Waals surface area contributed by atoms with Crippen molar-refractivity contribution in [3.63, 3.8) is 0 Å². The number of fused-ring (bicyclic) bond motifs is 1. The molecule has 0 amide bonds. The molecule has 0 unspecified atom stereocenters. The molecule has 0 radical (unpaired) electrons. The molecule has 4 nitrogen and oxygen atoms in total. The highest BCUT2D eigenvalue weighted by Gasteiger charge is 2.21. The maximum Gasteiger partial charge on any atom is 0.117 e. The number of rotatable bonds is 2. The molecule has 17 heavy (non-hydrogen) atoms. The molecule has 0 N–H and O–H groups in total. The van der Waals surface area contributed by atoms with Crippen molar-refractivity contribution in [1.29, 1.82) is 0 Å². The molecular weight excluding hydrogens is 232 g/mol. The van der Waals surface area contributed by atoms with E-state index in [0.717, 1.165) is 30.1 Å². The van der Waals surface area contributed by atoms with Gasteiger partial charge in [-0.25, -0.2) is 0 Å². The molecule has 2 aromatic rings. The molecule has 1 aliphatic heterocycles. The quantitative estimate of drug-likeness (QED) is 0.814. The Hall–Kier alpha value is -1.36. The largest absolute Gasteiger partial charge is 0.269 e. The lowest BCUT2D eigenvalue weighted by Crippen LogP contribution is -2.08. The van der Waals surface area contributed by atoms with E-state index in [4.69, 9.17) is 0 Å². The maximum absolute atomic E-state index is 4.68. The molecule has 0 fully saturated rings. The third-order valence-corrected chi connectivity index (χ3v) is 3.99. The van der Waals surface area contributed by atoms with Gasteiger partial charge in [-0.3, -0.25) is 14.6 Å². The summed E-state index contributed by atoms with van der Waals surface area (Å²) in [5.74, 6) is 2.24. The minimum atomic E-state index is 0.887. The molecule has 0 aromatic carbocycles. The van der Waals surface area contributed by atoms with Gasteiger partial charge in [0.25, 0.3) is 0 Å². The smallest absolute Gasteiger partial charge is 0.117 e. The zero-order chi connectivity index (χ0) is 11.7. The Kier molecular flexibility index (Phi) is 2.84. The van der Waals surface area contributed by atoms with Crippen molar-refractivity contribution in [2.45, 2.75) is 25.6 Å². The van der Waals surface area contributed by atoms with Crippen LogP contribution in [0.1, 0.15) is 18.2 Å². The second-order valence-corrected chi connectivity index (χ2v) is 5.09. The first kappa shape index (κ1) is 10.8. The van der Waals surface area contributed by atoms with Gasteiger partial charge in [0.2, 0.25) is 0 Å². The molecule has 88 valence electrons. The summed E-state index contributed by atoms with van der Waals surface area (Å²) in [5, 5.41) is 4.68. The molecular formula is C12H14N4S. The van der Waals surface area contributed by atoms with E-state index < -0.39 is 0 Å². The van der Waals surface area contributed by atoms with E-state index in [1.165, 1.54) is 17.0 Å². The Bertz CT molecular complexity index is 521. The van der Waals surface area contributed by atoms with E-state index in [-0.39, 0.29) is 0 Å². The first-order valence-corrected chi connectivity index (χ1v) is 6.98. The first-order valence-electron chi connectivity index (χ1n) is 5.83. The van der Waals surface area contributed by atoms with E-state index >= 15 is 0 Å². The molecule has 1 aliphatic rings. The third-order valence-electron chi connectivity index (χ3n) is 3.00. The first-order chi connectivity index (χ1) is 8.40. The average molecular weight is 246 g/mol. The van der Waals surface area contributed by atoms with Crippen LogP contribution in [0, 0.1) is 0 Å². The van der Waals surface area contributed by atoms with Crippen molar-refractivity contribution < 1.29 is 0 Å². The molecule has 0 aliphatic carbocycles. The fraction of sp³-hybridized carbons (Fsp3) is 0.417. The maximum atomic E-state index is 4.68. The van der Waals surface area contributed by atoms with Crippen LogP contribution in [-0.2, 0) is 18.7 Å². The normalized spacial score (nSPS) is 14.6. The fourth-order valence-electron chi connectivity index (χ4n) is 2.20. The van der Waals surface area contributed by atoms with Crippen molar-refractivity contribution >= 4 is 11.8 Å². The Morgan fingerprint density at radius 2 is 2.35 bits per heavy atom. The predicted molar refractivity (Wildman–Crippen MR) is 68.8 cm³/mol. The molecule has 0 spiro atoms. The van der Waals surface area contributed by atoms with Gasteiger partial charge in [-0.15, -0.1) is 0 Å². The van der Waals surface area contributed by atoms with Crippen LogP contribution in [0.25, 0.3) is 11.4 Å². The second kappa shape index (κ2) is 4.49. The fourth-order valence-corrected chi connectivity index (χ4v) is 3.19. The standard InChI is InChI=1S/C12H14N4S/c1-2-16-11-3-6-17-8-9(11)12(15-16)10-7-13-4-5-14-10/h4-5,7H,2-3,6,8H2,1H3. The summed E-state index contributed by atoms with van der Waals surface area (Å²) in [4.78, 5) is 8.48. The minimum absolute atomic E-state index is 0.887. The molecule has 5 heteroatoms. The summed E-state index contributed by atoms with van der Waals surface area (Å²) in [6.07, 6.45) is 6.33. The molecule has 0 bridgehead atoms. The molecule has 2 aromatic heterocycles. The summed E-state index contributed by atoms with van der Waals surface area (Å²) in [6.45, 7) is 3.06. The highest BCUT2D eigenvalue weighted by Crippen LogP contribution is 2.31. The van der Waals surface area contributed by atoms with E-state index in [0.29, 0.717) is 0 Å². The minimum Gasteiger partial charge on any atom is -0.269 e. The number of hydrogen-bond acceptors (Lipinski definition) is 4. The van der Waals surface area contributed by atoms with Gasteiger partial charge in [-0.05, 0) is 19.1 Å². The lowest BCUT2D eigenvalue weighted by atomic mass is 10.1. The predicted octanol–water partition coefficient (Wildman–Crippen LogP) is 2.15. The molecule has 0 saturated carbocycles. The number of hydrogen-bond donors (Lipinski definition) is 0. The van der Waals surface area contributed by atoms with Crippen LogP contribution >= 0.6 is 11.8 Å². The van der Waals surface area contributed by atoms with Crippen molar-refractivity contribution in [3.8, 4) is 11.4 Å². The van der Waals surface area contributed by atoms with Crippen molar-refractivity contribution in [3.05, 3.63) is 29.8 Å². The molecule has 3 heterocycles. The summed E-state index contributed by atoms with van der Waals surface area (Å²) < 4.78 is 2.11. The van der Waals surface area contributed by atoms with E-state index in [1.807, 2.05) is 11.8 Å². The molecule has 0 atom stereocenters. The Balaban J connectivity index is 2.14. The van der Waals surface area contributed by atoms with E-state index in [1.54, 1.807) is 18.6 Å². The Morgan fingerprint density at radius 1 is 1.41 bits per heavy atom. The van der Waals surface area contributed by atoms with Crippen LogP contribution in [0.2, 0.25) is 0 Å².